The summed E-state index contributed by atoms with van der Waals surface area (Å²) in [5, 5.41) is 5.91. The second kappa shape index (κ2) is 8.85. The predicted octanol–water partition coefficient (Wildman–Crippen LogP) is 4.27. The van der Waals surface area contributed by atoms with E-state index in [0.29, 0.717) is 11.5 Å². The Kier molecular flexibility index (Phi) is 6.06. The van der Waals surface area contributed by atoms with Crippen LogP contribution in [0.3, 0.4) is 0 Å². The van der Waals surface area contributed by atoms with Gasteiger partial charge in [-0.3, -0.25) is 4.79 Å². The number of anilines is 3. The molecule has 3 rings (SSSR count). The fourth-order valence-corrected chi connectivity index (χ4v) is 2.42. The summed E-state index contributed by atoms with van der Waals surface area (Å²) < 4.78 is 10.7. The van der Waals surface area contributed by atoms with E-state index in [1.54, 1.807) is 31.4 Å². The first-order chi connectivity index (χ1) is 13.5. The molecule has 2 aromatic carbocycles. The van der Waals surface area contributed by atoms with Gasteiger partial charge in [-0.1, -0.05) is 0 Å². The van der Waals surface area contributed by atoms with Gasteiger partial charge < -0.3 is 20.1 Å². The summed E-state index contributed by atoms with van der Waals surface area (Å²) in [6.45, 7) is 3.96. The molecule has 0 aliphatic rings. The second-order valence-corrected chi connectivity index (χ2v) is 6.29. The quantitative estimate of drug-likeness (QED) is 0.639. The molecule has 7 heteroatoms. The smallest absolute Gasteiger partial charge is 0.275 e. The van der Waals surface area contributed by atoms with Crippen molar-refractivity contribution < 1.29 is 14.3 Å². The lowest BCUT2D eigenvalue weighted by atomic mass is 10.3. The van der Waals surface area contributed by atoms with Crippen molar-refractivity contribution >= 4 is 23.1 Å². The van der Waals surface area contributed by atoms with Gasteiger partial charge in [0.25, 0.3) is 5.91 Å². The van der Waals surface area contributed by atoms with E-state index in [9.17, 15) is 4.79 Å². The zero-order chi connectivity index (χ0) is 19.9. The van der Waals surface area contributed by atoms with E-state index in [1.807, 2.05) is 38.1 Å². The SMILES string of the molecule is COc1ccc(NC(=O)c2cnc(Nc3ccc(OC(C)C)cc3)cn2)cc1. The van der Waals surface area contributed by atoms with Gasteiger partial charge in [0, 0.05) is 11.4 Å². The minimum absolute atomic E-state index is 0.126. The van der Waals surface area contributed by atoms with Crippen molar-refractivity contribution in [1.29, 1.82) is 0 Å². The molecular formula is C21H22N4O3. The Morgan fingerprint density at radius 3 is 2.11 bits per heavy atom. The largest absolute Gasteiger partial charge is 0.497 e. The number of rotatable bonds is 7. The molecule has 28 heavy (non-hydrogen) atoms. The standard InChI is InChI=1S/C21H22N4O3/c1-14(2)28-18-10-6-15(7-11-18)24-20-13-22-19(12-23-20)21(26)25-16-4-8-17(27-3)9-5-16/h4-14H,1-3H3,(H,23,24)(H,25,26). The van der Waals surface area contributed by atoms with Gasteiger partial charge in [-0.15, -0.1) is 0 Å². The van der Waals surface area contributed by atoms with Gasteiger partial charge in [0.1, 0.15) is 23.0 Å². The van der Waals surface area contributed by atoms with Crippen LogP contribution in [0.15, 0.2) is 60.9 Å². The topological polar surface area (TPSA) is 85.4 Å². The number of ether oxygens (including phenoxy) is 2. The van der Waals surface area contributed by atoms with Gasteiger partial charge in [0.15, 0.2) is 0 Å². The lowest BCUT2D eigenvalue weighted by Gasteiger charge is -2.11. The van der Waals surface area contributed by atoms with Crippen LogP contribution in [0.5, 0.6) is 11.5 Å². The van der Waals surface area contributed by atoms with Crippen LogP contribution in [0.1, 0.15) is 24.3 Å². The maximum atomic E-state index is 12.3. The third-order valence-corrected chi connectivity index (χ3v) is 3.73. The fourth-order valence-electron chi connectivity index (χ4n) is 2.42. The number of aromatic nitrogens is 2. The van der Waals surface area contributed by atoms with E-state index >= 15 is 0 Å². The number of amides is 1. The molecule has 0 saturated heterocycles. The van der Waals surface area contributed by atoms with E-state index in [-0.39, 0.29) is 17.7 Å². The molecule has 0 radical (unpaired) electrons. The number of hydrogen-bond donors (Lipinski definition) is 2. The zero-order valence-corrected chi connectivity index (χ0v) is 16.0. The molecule has 0 fully saturated rings. The molecule has 1 amide bonds. The number of nitrogens with zero attached hydrogens (tertiary/aromatic N) is 2. The van der Waals surface area contributed by atoms with Crippen LogP contribution < -0.4 is 20.1 Å². The van der Waals surface area contributed by atoms with Gasteiger partial charge in [0.05, 0.1) is 25.6 Å². The predicted molar refractivity (Wildman–Crippen MR) is 108 cm³/mol. The van der Waals surface area contributed by atoms with Crippen LogP contribution in [0.25, 0.3) is 0 Å². The van der Waals surface area contributed by atoms with Crippen LogP contribution in [0.2, 0.25) is 0 Å². The van der Waals surface area contributed by atoms with Crippen LogP contribution in [-0.4, -0.2) is 29.1 Å². The van der Waals surface area contributed by atoms with Crippen molar-refractivity contribution in [2.75, 3.05) is 17.7 Å². The number of hydrogen-bond acceptors (Lipinski definition) is 6. The van der Waals surface area contributed by atoms with Crippen molar-refractivity contribution in [3.05, 3.63) is 66.6 Å². The normalized spacial score (nSPS) is 10.4. The van der Waals surface area contributed by atoms with Crippen LogP contribution in [-0.2, 0) is 0 Å². The first-order valence-electron chi connectivity index (χ1n) is 8.84. The highest BCUT2D eigenvalue weighted by atomic mass is 16.5. The molecule has 0 spiro atoms. The monoisotopic (exact) mass is 378 g/mol. The molecule has 0 aliphatic carbocycles. The van der Waals surface area contributed by atoms with Gasteiger partial charge in [-0.2, -0.15) is 0 Å². The summed E-state index contributed by atoms with van der Waals surface area (Å²) in [6.07, 6.45) is 3.07. The Morgan fingerprint density at radius 1 is 0.893 bits per heavy atom. The number of nitrogens with one attached hydrogen (secondary N) is 2. The molecule has 3 aromatic rings. The number of benzene rings is 2. The Labute approximate surface area is 163 Å². The lowest BCUT2D eigenvalue weighted by molar-refractivity contribution is 0.102. The third kappa shape index (κ3) is 5.20. The molecular weight excluding hydrogens is 356 g/mol. The molecule has 0 unspecified atom stereocenters. The third-order valence-electron chi connectivity index (χ3n) is 3.73. The van der Waals surface area contributed by atoms with Gasteiger partial charge >= 0.3 is 0 Å². The van der Waals surface area contributed by atoms with Crippen molar-refractivity contribution in [3.8, 4) is 11.5 Å². The first-order valence-corrected chi connectivity index (χ1v) is 8.84. The Hall–Kier alpha value is -3.61. The van der Waals surface area contributed by atoms with E-state index in [2.05, 4.69) is 20.6 Å². The van der Waals surface area contributed by atoms with E-state index in [4.69, 9.17) is 9.47 Å². The van der Waals surface area contributed by atoms with E-state index < -0.39 is 0 Å². The van der Waals surface area contributed by atoms with Gasteiger partial charge in [-0.25, -0.2) is 9.97 Å². The van der Waals surface area contributed by atoms with Crippen molar-refractivity contribution in [2.45, 2.75) is 20.0 Å². The van der Waals surface area contributed by atoms with Crippen molar-refractivity contribution in [2.24, 2.45) is 0 Å². The average Bonchev–Trinajstić information content (AvgIpc) is 2.70. The highest BCUT2D eigenvalue weighted by Crippen LogP contribution is 2.20. The summed E-state index contributed by atoms with van der Waals surface area (Å²) in [5.41, 5.74) is 1.72. The van der Waals surface area contributed by atoms with Crippen LogP contribution >= 0.6 is 0 Å². The molecule has 7 nitrogen and oxygen atoms in total. The zero-order valence-electron chi connectivity index (χ0n) is 16.0. The number of carbonyl (C=O) groups is 1. The maximum absolute atomic E-state index is 12.3. The number of carbonyl (C=O) groups excluding carboxylic acids is 1. The minimum Gasteiger partial charge on any atom is -0.497 e. The van der Waals surface area contributed by atoms with Crippen LogP contribution in [0, 0.1) is 0 Å². The molecule has 0 saturated carbocycles. The minimum atomic E-state index is -0.334. The molecule has 1 heterocycles. The number of methoxy groups -OCH3 is 1. The lowest BCUT2D eigenvalue weighted by Crippen LogP contribution is -2.14. The van der Waals surface area contributed by atoms with E-state index in [0.717, 1.165) is 17.2 Å². The highest BCUT2D eigenvalue weighted by Gasteiger charge is 2.09. The second-order valence-electron chi connectivity index (χ2n) is 6.29. The maximum Gasteiger partial charge on any atom is 0.275 e. The van der Waals surface area contributed by atoms with Gasteiger partial charge in [0.2, 0.25) is 0 Å². The van der Waals surface area contributed by atoms with E-state index in [1.165, 1.54) is 12.4 Å². The van der Waals surface area contributed by atoms with Crippen LogP contribution in [0.4, 0.5) is 17.2 Å². The summed E-state index contributed by atoms with van der Waals surface area (Å²) in [7, 11) is 1.59. The molecule has 2 N–H and O–H groups in total. The molecule has 0 bridgehead atoms. The Balaban J connectivity index is 1.60. The Morgan fingerprint density at radius 2 is 1.54 bits per heavy atom. The first kappa shape index (κ1) is 19.2. The molecule has 0 atom stereocenters. The Bertz CT molecular complexity index is 908. The average molecular weight is 378 g/mol. The summed E-state index contributed by atoms with van der Waals surface area (Å²) in [4.78, 5) is 20.7. The van der Waals surface area contributed by atoms with Crippen molar-refractivity contribution in [3.63, 3.8) is 0 Å². The molecule has 1 aromatic heterocycles. The summed E-state index contributed by atoms with van der Waals surface area (Å²) >= 11 is 0. The highest BCUT2D eigenvalue weighted by molar-refractivity contribution is 6.02. The summed E-state index contributed by atoms with van der Waals surface area (Å²) in [6, 6.07) is 14.6. The fraction of sp³-hybridized carbons (Fsp3) is 0.190. The molecule has 144 valence electrons. The summed E-state index contributed by atoms with van der Waals surface area (Å²) in [5.74, 6) is 1.73. The van der Waals surface area contributed by atoms with Gasteiger partial charge in [-0.05, 0) is 62.4 Å². The van der Waals surface area contributed by atoms with Crippen molar-refractivity contribution in [1.82, 2.24) is 9.97 Å². The molecule has 0 aliphatic heterocycles.